The summed E-state index contributed by atoms with van der Waals surface area (Å²) in [5, 5.41) is 11.2. The summed E-state index contributed by atoms with van der Waals surface area (Å²) in [7, 11) is 1.53. The smallest absolute Gasteiger partial charge is 0.303 e. The standard InChI is InChI=1S/C12H16N2O4/c1-8(6-12(16)17)5-11(15)14-10-4-3-9(18-2)7-13-10/h3-4,7-8H,5-6H2,1-2H3,(H,16,17)(H,13,14,15). The van der Waals surface area contributed by atoms with Crippen molar-refractivity contribution in [3.8, 4) is 5.75 Å². The van der Waals surface area contributed by atoms with E-state index in [2.05, 4.69) is 10.3 Å². The van der Waals surface area contributed by atoms with E-state index in [0.29, 0.717) is 11.6 Å². The van der Waals surface area contributed by atoms with Crippen LogP contribution in [-0.2, 0) is 9.59 Å². The molecule has 1 unspecified atom stereocenters. The summed E-state index contributed by atoms with van der Waals surface area (Å²) in [4.78, 5) is 26.0. The molecule has 1 aromatic heterocycles. The van der Waals surface area contributed by atoms with E-state index in [-0.39, 0.29) is 24.7 Å². The number of nitrogens with zero attached hydrogens (tertiary/aromatic N) is 1. The first-order valence-electron chi connectivity index (χ1n) is 5.53. The number of aliphatic carboxylic acids is 1. The molecule has 0 bridgehead atoms. The molecule has 1 heterocycles. The van der Waals surface area contributed by atoms with Crippen molar-refractivity contribution >= 4 is 17.7 Å². The number of aromatic nitrogens is 1. The monoisotopic (exact) mass is 252 g/mol. The summed E-state index contributed by atoms with van der Waals surface area (Å²) in [6.45, 7) is 1.72. The highest BCUT2D eigenvalue weighted by Gasteiger charge is 2.13. The summed E-state index contributed by atoms with van der Waals surface area (Å²) in [6, 6.07) is 3.31. The fourth-order valence-corrected chi connectivity index (χ4v) is 1.46. The van der Waals surface area contributed by atoms with Gasteiger partial charge in [-0.25, -0.2) is 4.98 Å². The molecule has 0 aromatic carbocycles. The van der Waals surface area contributed by atoms with Crippen molar-refractivity contribution in [3.63, 3.8) is 0 Å². The van der Waals surface area contributed by atoms with E-state index in [1.165, 1.54) is 13.3 Å². The van der Waals surface area contributed by atoms with Gasteiger partial charge in [0.2, 0.25) is 5.91 Å². The van der Waals surface area contributed by atoms with Crippen molar-refractivity contribution in [1.82, 2.24) is 4.98 Å². The second-order valence-corrected chi connectivity index (χ2v) is 4.04. The molecule has 1 aromatic rings. The van der Waals surface area contributed by atoms with E-state index >= 15 is 0 Å². The van der Waals surface area contributed by atoms with Crippen LogP contribution in [0.3, 0.4) is 0 Å². The number of carboxylic acids is 1. The number of carbonyl (C=O) groups is 2. The lowest BCUT2D eigenvalue weighted by molar-refractivity contribution is -0.138. The van der Waals surface area contributed by atoms with Gasteiger partial charge in [-0.05, 0) is 18.1 Å². The molecule has 0 aliphatic rings. The molecule has 0 aliphatic carbocycles. The number of amides is 1. The van der Waals surface area contributed by atoms with Gasteiger partial charge in [-0.3, -0.25) is 9.59 Å². The van der Waals surface area contributed by atoms with Gasteiger partial charge in [0.25, 0.3) is 0 Å². The summed E-state index contributed by atoms with van der Waals surface area (Å²) >= 11 is 0. The first-order chi connectivity index (χ1) is 8.51. The number of carboxylic acid groups (broad SMARTS) is 1. The maximum absolute atomic E-state index is 11.6. The van der Waals surface area contributed by atoms with Crippen molar-refractivity contribution in [2.45, 2.75) is 19.8 Å². The van der Waals surface area contributed by atoms with Gasteiger partial charge in [0, 0.05) is 12.8 Å². The topological polar surface area (TPSA) is 88.5 Å². The quantitative estimate of drug-likeness (QED) is 0.801. The second-order valence-electron chi connectivity index (χ2n) is 4.04. The van der Waals surface area contributed by atoms with Crippen molar-refractivity contribution < 1.29 is 19.4 Å². The molecule has 6 heteroatoms. The lowest BCUT2D eigenvalue weighted by Gasteiger charge is -2.09. The molecule has 1 amide bonds. The Bertz CT molecular complexity index is 417. The molecule has 0 saturated carbocycles. The Balaban J connectivity index is 2.46. The summed E-state index contributed by atoms with van der Waals surface area (Å²) in [5.74, 6) is -0.337. The van der Waals surface area contributed by atoms with E-state index in [4.69, 9.17) is 9.84 Å². The molecule has 0 saturated heterocycles. The van der Waals surface area contributed by atoms with Gasteiger partial charge >= 0.3 is 5.97 Å². The fourth-order valence-electron chi connectivity index (χ4n) is 1.46. The molecule has 0 fully saturated rings. The van der Waals surface area contributed by atoms with Crippen LogP contribution in [0.15, 0.2) is 18.3 Å². The van der Waals surface area contributed by atoms with Crippen LogP contribution in [0, 0.1) is 5.92 Å². The maximum atomic E-state index is 11.6. The van der Waals surface area contributed by atoms with Crippen LogP contribution < -0.4 is 10.1 Å². The van der Waals surface area contributed by atoms with Gasteiger partial charge in [-0.2, -0.15) is 0 Å². The van der Waals surface area contributed by atoms with E-state index in [1.54, 1.807) is 19.1 Å². The lowest BCUT2D eigenvalue weighted by atomic mass is 10.0. The van der Waals surface area contributed by atoms with Gasteiger partial charge in [0.1, 0.15) is 11.6 Å². The number of hydrogen-bond donors (Lipinski definition) is 2. The fraction of sp³-hybridized carbons (Fsp3) is 0.417. The molecular formula is C12H16N2O4. The number of nitrogens with one attached hydrogen (secondary N) is 1. The molecule has 0 radical (unpaired) electrons. The molecule has 2 N–H and O–H groups in total. The maximum Gasteiger partial charge on any atom is 0.303 e. The molecule has 1 rings (SSSR count). The molecule has 0 aliphatic heterocycles. The van der Waals surface area contributed by atoms with Gasteiger partial charge in [0.05, 0.1) is 13.3 Å². The Hall–Kier alpha value is -2.11. The minimum absolute atomic E-state index is 0.0243. The zero-order chi connectivity index (χ0) is 13.5. The Morgan fingerprint density at radius 3 is 2.67 bits per heavy atom. The van der Waals surface area contributed by atoms with Crippen LogP contribution in [0.25, 0.3) is 0 Å². The number of methoxy groups -OCH3 is 1. The summed E-state index contributed by atoms with van der Waals surface area (Å²) in [6.07, 6.45) is 1.62. The molecule has 0 spiro atoms. The Kier molecular flexibility index (Phi) is 5.10. The summed E-state index contributed by atoms with van der Waals surface area (Å²) in [5.41, 5.74) is 0. The molecular weight excluding hydrogens is 236 g/mol. The van der Waals surface area contributed by atoms with E-state index in [1.807, 2.05) is 0 Å². The third kappa shape index (κ3) is 4.82. The average molecular weight is 252 g/mol. The van der Waals surface area contributed by atoms with Gasteiger partial charge in [0.15, 0.2) is 0 Å². The van der Waals surface area contributed by atoms with Gasteiger partial charge in [-0.15, -0.1) is 0 Å². The highest BCUT2D eigenvalue weighted by molar-refractivity contribution is 5.90. The minimum atomic E-state index is -0.905. The van der Waals surface area contributed by atoms with Crippen LogP contribution in [0.4, 0.5) is 5.82 Å². The number of hydrogen-bond acceptors (Lipinski definition) is 4. The van der Waals surface area contributed by atoms with Gasteiger partial charge < -0.3 is 15.2 Å². The van der Waals surface area contributed by atoms with E-state index in [9.17, 15) is 9.59 Å². The largest absolute Gasteiger partial charge is 0.495 e. The normalized spacial score (nSPS) is 11.7. The average Bonchev–Trinajstić information content (AvgIpc) is 2.28. The minimum Gasteiger partial charge on any atom is -0.495 e. The first-order valence-corrected chi connectivity index (χ1v) is 5.53. The highest BCUT2D eigenvalue weighted by Crippen LogP contribution is 2.13. The number of ether oxygens (including phenoxy) is 1. The third-order valence-electron chi connectivity index (χ3n) is 2.30. The lowest BCUT2D eigenvalue weighted by Crippen LogP contribution is -2.17. The zero-order valence-corrected chi connectivity index (χ0v) is 10.3. The van der Waals surface area contributed by atoms with Crippen LogP contribution in [0.5, 0.6) is 5.75 Å². The van der Waals surface area contributed by atoms with Crippen molar-refractivity contribution in [1.29, 1.82) is 0 Å². The Labute approximate surface area is 105 Å². The molecule has 6 nitrogen and oxygen atoms in total. The Morgan fingerprint density at radius 1 is 1.44 bits per heavy atom. The van der Waals surface area contributed by atoms with Crippen molar-refractivity contribution in [2.75, 3.05) is 12.4 Å². The predicted molar refractivity (Wildman–Crippen MR) is 65.5 cm³/mol. The van der Waals surface area contributed by atoms with Gasteiger partial charge in [-0.1, -0.05) is 6.92 Å². The zero-order valence-electron chi connectivity index (χ0n) is 10.3. The predicted octanol–water partition coefficient (Wildman–Crippen LogP) is 1.53. The number of carbonyl (C=O) groups excluding carboxylic acids is 1. The molecule has 98 valence electrons. The van der Waals surface area contributed by atoms with E-state index < -0.39 is 5.97 Å². The highest BCUT2D eigenvalue weighted by atomic mass is 16.5. The van der Waals surface area contributed by atoms with Crippen LogP contribution in [0.1, 0.15) is 19.8 Å². The molecule has 18 heavy (non-hydrogen) atoms. The number of rotatable bonds is 6. The third-order valence-corrected chi connectivity index (χ3v) is 2.30. The summed E-state index contributed by atoms with van der Waals surface area (Å²) < 4.78 is 4.94. The van der Waals surface area contributed by atoms with Crippen molar-refractivity contribution in [3.05, 3.63) is 18.3 Å². The van der Waals surface area contributed by atoms with Crippen LogP contribution in [0.2, 0.25) is 0 Å². The Morgan fingerprint density at radius 2 is 2.17 bits per heavy atom. The van der Waals surface area contributed by atoms with Crippen LogP contribution >= 0.6 is 0 Å². The van der Waals surface area contributed by atoms with Crippen molar-refractivity contribution in [2.24, 2.45) is 5.92 Å². The number of anilines is 1. The molecule has 1 atom stereocenters. The SMILES string of the molecule is COc1ccc(NC(=O)CC(C)CC(=O)O)nc1. The number of pyridine rings is 1. The first kappa shape index (κ1) is 14.0. The van der Waals surface area contributed by atoms with Crippen LogP contribution in [-0.4, -0.2) is 29.1 Å². The second kappa shape index (κ2) is 6.58. The van der Waals surface area contributed by atoms with E-state index in [0.717, 1.165) is 0 Å².